The molecule has 0 aliphatic carbocycles. The summed E-state index contributed by atoms with van der Waals surface area (Å²) in [7, 11) is 1.59. The maximum atomic E-state index is 12.3. The molecule has 2 aromatic rings. The first-order valence-corrected chi connectivity index (χ1v) is 8.79. The average Bonchev–Trinajstić information content (AvgIpc) is 2.58. The Labute approximate surface area is 160 Å². The van der Waals surface area contributed by atoms with E-state index in [4.69, 9.17) is 0 Å². The summed E-state index contributed by atoms with van der Waals surface area (Å²) in [6.07, 6.45) is 0.180. The number of rotatable bonds is 6. The molecule has 0 aliphatic rings. The number of nitrogens with zero attached hydrogens (tertiary/aromatic N) is 1. The third-order valence-corrected chi connectivity index (χ3v) is 4.28. The van der Waals surface area contributed by atoms with E-state index < -0.39 is 0 Å². The predicted octanol–water partition coefficient (Wildman–Crippen LogP) is 3.05. The van der Waals surface area contributed by atoms with Crippen LogP contribution in [0.1, 0.15) is 12.5 Å². The van der Waals surface area contributed by atoms with Gasteiger partial charge in [0.05, 0.1) is 18.7 Å². The van der Waals surface area contributed by atoms with E-state index in [1.807, 2.05) is 18.2 Å². The van der Waals surface area contributed by atoms with Crippen LogP contribution >= 0.6 is 15.9 Å². The molecule has 0 bridgehead atoms. The number of para-hydroxylation sites is 1. The van der Waals surface area contributed by atoms with Gasteiger partial charge in [0.1, 0.15) is 0 Å². The van der Waals surface area contributed by atoms with Crippen molar-refractivity contribution < 1.29 is 14.4 Å². The molecule has 0 fully saturated rings. The summed E-state index contributed by atoms with van der Waals surface area (Å²) < 4.78 is 0.779. The Morgan fingerprint density at radius 1 is 1.00 bits per heavy atom. The summed E-state index contributed by atoms with van der Waals surface area (Å²) in [5, 5.41) is 5.44. The van der Waals surface area contributed by atoms with Gasteiger partial charge < -0.3 is 15.5 Å². The monoisotopic (exact) mass is 417 g/mol. The molecular formula is C19H20BrN3O3. The molecule has 136 valence electrons. The summed E-state index contributed by atoms with van der Waals surface area (Å²) >= 11 is 3.36. The second-order valence-corrected chi connectivity index (χ2v) is 6.69. The fourth-order valence-corrected chi connectivity index (χ4v) is 2.66. The molecule has 0 aromatic heterocycles. The van der Waals surface area contributed by atoms with Crippen LogP contribution in [0.2, 0.25) is 0 Å². The number of carbonyl (C=O) groups is 3. The van der Waals surface area contributed by atoms with Gasteiger partial charge in [0, 0.05) is 24.1 Å². The number of hydrogen-bond donors (Lipinski definition) is 2. The van der Waals surface area contributed by atoms with Gasteiger partial charge in [-0.05, 0) is 45.8 Å². The van der Waals surface area contributed by atoms with Gasteiger partial charge in [0.15, 0.2) is 0 Å². The fraction of sp³-hybridized carbons (Fsp3) is 0.211. The van der Waals surface area contributed by atoms with Gasteiger partial charge in [-0.3, -0.25) is 14.4 Å². The van der Waals surface area contributed by atoms with Gasteiger partial charge in [-0.2, -0.15) is 0 Å². The van der Waals surface area contributed by atoms with Crippen molar-refractivity contribution in [1.82, 2.24) is 4.90 Å². The standard InChI is InChI=1S/C19H20BrN3O3/c1-13(24)21-15-9-7-14(8-10-15)11-19(26)23(2)12-18(25)22-17-6-4-3-5-16(17)20/h3-10H,11-12H2,1-2H3,(H,21,24)(H,22,25). The highest BCUT2D eigenvalue weighted by Crippen LogP contribution is 2.21. The molecule has 26 heavy (non-hydrogen) atoms. The Balaban J connectivity index is 1.87. The van der Waals surface area contributed by atoms with Gasteiger partial charge >= 0.3 is 0 Å². The first-order chi connectivity index (χ1) is 12.3. The maximum Gasteiger partial charge on any atom is 0.244 e. The Bertz CT molecular complexity index is 806. The highest BCUT2D eigenvalue weighted by molar-refractivity contribution is 9.10. The number of benzene rings is 2. The van der Waals surface area contributed by atoms with Gasteiger partial charge in [-0.25, -0.2) is 0 Å². The van der Waals surface area contributed by atoms with Crippen LogP contribution in [-0.4, -0.2) is 36.2 Å². The number of nitrogens with one attached hydrogen (secondary N) is 2. The molecule has 0 heterocycles. The van der Waals surface area contributed by atoms with Crippen LogP contribution < -0.4 is 10.6 Å². The van der Waals surface area contributed by atoms with E-state index >= 15 is 0 Å². The molecule has 2 aromatic carbocycles. The second kappa shape index (κ2) is 9.15. The van der Waals surface area contributed by atoms with E-state index in [0.717, 1.165) is 10.0 Å². The van der Waals surface area contributed by atoms with Crippen LogP contribution in [0.3, 0.4) is 0 Å². The zero-order valence-corrected chi connectivity index (χ0v) is 16.2. The first kappa shape index (κ1) is 19.7. The van der Waals surface area contributed by atoms with Crippen molar-refractivity contribution in [3.05, 3.63) is 58.6 Å². The van der Waals surface area contributed by atoms with E-state index in [1.165, 1.54) is 11.8 Å². The molecule has 2 rings (SSSR count). The number of likely N-dealkylation sites (N-methyl/N-ethyl adjacent to an activating group) is 1. The van der Waals surface area contributed by atoms with Crippen molar-refractivity contribution >= 4 is 45.0 Å². The Hall–Kier alpha value is -2.67. The summed E-state index contributed by atoms with van der Waals surface area (Å²) in [4.78, 5) is 36.8. The summed E-state index contributed by atoms with van der Waals surface area (Å²) in [5.74, 6) is -0.585. The SMILES string of the molecule is CC(=O)Nc1ccc(CC(=O)N(C)CC(=O)Nc2ccccc2Br)cc1. The lowest BCUT2D eigenvalue weighted by Gasteiger charge is -2.17. The number of halogens is 1. The molecule has 0 spiro atoms. The quantitative estimate of drug-likeness (QED) is 0.757. The van der Waals surface area contributed by atoms with Crippen molar-refractivity contribution in [3.8, 4) is 0 Å². The lowest BCUT2D eigenvalue weighted by atomic mass is 10.1. The molecule has 0 saturated carbocycles. The first-order valence-electron chi connectivity index (χ1n) is 8.00. The van der Waals surface area contributed by atoms with Crippen molar-refractivity contribution in [2.24, 2.45) is 0 Å². The van der Waals surface area contributed by atoms with Crippen LogP contribution in [0.4, 0.5) is 11.4 Å². The highest BCUT2D eigenvalue weighted by Gasteiger charge is 2.14. The smallest absolute Gasteiger partial charge is 0.244 e. The minimum Gasteiger partial charge on any atom is -0.336 e. The number of anilines is 2. The fourth-order valence-electron chi connectivity index (χ4n) is 2.27. The molecule has 0 radical (unpaired) electrons. The van der Waals surface area contributed by atoms with Crippen molar-refractivity contribution in [2.75, 3.05) is 24.2 Å². The zero-order valence-electron chi connectivity index (χ0n) is 14.6. The van der Waals surface area contributed by atoms with Crippen LogP contribution in [0.25, 0.3) is 0 Å². The number of carbonyl (C=O) groups excluding carboxylic acids is 3. The summed E-state index contributed by atoms with van der Waals surface area (Å²) in [6.45, 7) is 1.40. The number of hydrogen-bond acceptors (Lipinski definition) is 3. The normalized spacial score (nSPS) is 10.1. The molecule has 0 atom stereocenters. The van der Waals surface area contributed by atoms with E-state index in [2.05, 4.69) is 26.6 Å². The predicted molar refractivity (Wildman–Crippen MR) is 105 cm³/mol. The van der Waals surface area contributed by atoms with Gasteiger partial charge in [0.2, 0.25) is 17.7 Å². The minimum atomic E-state index is -0.270. The van der Waals surface area contributed by atoms with Crippen LogP contribution in [0.5, 0.6) is 0 Å². The summed E-state index contributed by atoms with van der Waals surface area (Å²) in [5.41, 5.74) is 2.14. The van der Waals surface area contributed by atoms with E-state index in [-0.39, 0.29) is 30.7 Å². The van der Waals surface area contributed by atoms with E-state index in [1.54, 1.807) is 37.4 Å². The Morgan fingerprint density at radius 2 is 1.65 bits per heavy atom. The van der Waals surface area contributed by atoms with Crippen LogP contribution in [0, 0.1) is 0 Å². The molecule has 6 nitrogen and oxygen atoms in total. The molecule has 7 heteroatoms. The maximum absolute atomic E-state index is 12.3. The van der Waals surface area contributed by atoms with Gasteiger partial charge in [-0.1, -0.05) is 24.3 Å². The largest absolute Gasteiger partial charge is 0.336 e. The molecular weight excluding hydrogens is 398 g/mol. The van der Waals surface area contributed by atoms with E-state index in [9.17, 15) is 14.4 Å². The topological polar surface area (TPSA) is 78.5 Å². The average molecular weight is 418 g/mol. The third-order valence-electron chi connectivity index (χ3n) is 3.58. The van der Waals surface area contributed by atoms with E-state index in [0.29, 0.717) is 11.4 Å². The Kier molecular flexibility index (Phi) is 6.91. The summed E-state index contributed by atoms with van der Waals surface area (Å²) in [6, 6.07) is 14.3. The Morgan fingerprint density at radius 3 is 2.27 bits per heavy atom. The molecule has 2 N–H and O–H groups in total. The zero-order chi connectivity index (χ0) is 19.1. The van der Waals surface area contributed by atoms with Crippen LogP contribution in [-0.2, 0) is 20.8 Å². The third kappa shape index (κ3) is 6.00. The lowest BCUT2D eigenvalue weighted by molar-refractivity contribution is -0.132. The van der Waals surface area contributed by atoms with Crippen molar-refractivity contribution in [1.29, 1.82) is 0 Å². The van der Waals surface area contributed by atoms with Gasteiger partial charge in [0.25, 0.3) is 0 Å². The van der Waals surface area contributed by atoms with Crippen LogP contribution in [0.15, 0.2) is 53.0 Å². The molecule has 0 saturated heterocycles. The highest BCUT2D eigenvalue weighted by atomic mass is 79.9. The van der Waals surface area contributed by atoms with Gasteiger partial charge in [-0.15, -0.1) is 0 Å². The second-order valence-electron chi connectivity index (χ2n) is 5.83. The van der Waals surface area contributed by atoms with Crippen molar-refractivity contribution in [3.63, 3.8) is 0 Å². The molecule has 0 aliphatic heterocycles. The lowest BCUT2D eigenvalue weighted by Crippen LogP contribution is -2.35. The van der Waals surface area contributed by atoms with Crippen molar-refractivity contribution in [2.45, 2.75) is 13.3 Å². The molecule has 3 amide bonds. The number of amides is 3. The molecule has 0 unspecified atom stereocenters. The minimum absolute atomic E-state index is 0.0376.